The molecule has 0 fully saturated rings. The number of amides is 1. The van der Waals surface area contributed by atoms with Gasteiger partial charge in [0.25, 0.3) is 5.91 Å². The van der Waals surface area contributed by atoms with E-state index in [9.17, 15) is 4.79 Å². The van der Waals surface area contributed by atoms with Crippen molar-refractivity contribution < 1.29 is 9.69 Å². The van der Waals surface area contributed by atoms with Gasteiger partial charge >= 0.3 is 0 Å². The molecule has 0 bridgehead atoms. The Morgan fingerprint density at radius 1 is 1.33 bits per heavy atom. The topological polar surface area (TPSA) is 73.3 Å². The molecule has 6 heteroatoms. The van der Waals surface area contributed by atoms with Crippen LogP contribution in [-0.4, -0.2) is 22.4 Å². The molecule has 2 atom stereocenters. The average molecular weight is 348 g/mol. The number of carbonyl (C=O) groups is 1. The Kier molecular flexibility index (Phi) is 3.98. The first-order valence-corrected chi connectivity index (χ1v) is 7.61. The van der Waals surface area contributed by atoms with Crippen LogP contribution in [0.15, 0.2) is 41.3 Å². The summed E-state index contributed by atoms with van der Waals surface area (Å²) in [4.78, 5) is 21.5. The molecule has 1 unspecified atom stereocenters. The number of nitrogens with two attached hydrogens (primary N) is 1. The summed E-state index contributed by atoms with van der Waals surface area (Å²) in [5, 5.41) is 0. The van der Waals surface area contributed by atoms with Crippen LogP contribution in [0.5, 0.6) is 0 Å². The number of fused-ring (bicyclic) bond motifs is 1. The maximum Gasteiger partial charge on any atom is 0.280 e. The predicted octanol–water partition coefficient (Wildman–Crippen LogP) is 0.407. The summed E-state index contributed by atoms with van der Waals surface area (Å²) in [6.07, 6.45) is 4.28. The minimum Gasteiger partial charge on any atom is -0.364 e. The van der Waals surface area contributed by atoms with Gasteiger partial charge in [-0.1, -0.05) is 28.1 Å². The highest BCUT2D eigenvalue weighted by atomic mass is 79.9. The van der Waals surface area contributed by atoms with E-state index >= 15 is 0 Å². The molecule has 0 saturated carbocycles. The number of quaternary nitrogens is 1. The summed E-state index contributed by atoms with van der Waals surface area (Å²) in [5.74, 6) is -0.301. The maximum atomic E-state index is 12.0. The zero-order chi connectivity index (χ0) is 14.8. The van der Waals surface area contributed by atoms with E-state index in [1.165, 1.54) is 5.56 Å². The van der Waals surface area contributed by atoms with Crippen molar-refractivity contribution >= 4 is 21.8 Å². The molecular weight excluding hydrogens is 332 g/mol. The summed E-state index contributed by atoms with van der Waals surface area (Å²) in [7, 11) is 0. The Labute approximate surface area is 131 Å². The van der Waals surface area contributed by atoms with Crippen molar-refractivity contribution in [3.8, 4) is 0 Å². The van der Waals surface area contributed by atoms with Crippen molar-refractivity contribution in [2.45, 2.75) is 19.0 Å². The standard InChI is InChI=1S/C15H15BrN4O/c16-12-3-1-10(2-4-12)14(15(17)21)20-6-5-11-7-18-9-19-13(11)8-20/h1-4,7,9,14H,5-6,8H2,(H2,17,21)/p+1/t14-/m0/s1. The normalized spacial score (nSPS) is 18.8. The van der Waals surface area contributed by atoms with Crippen LogP contribution in [-0.2, 0) is 17.8 Å². The number of primary amides is 1. The largest absolute Gasteiger partial charge is 0.364 e. The zero-order valence-electron chi connectivity index (χ0n) is 11.4. The minimum absolute atomic E-state index is 0.301. The fourth-order valence-electron chi connectivity index (χ4n) is 2.85. The zero-order valence-corrected chi connectivity index (χ0v) is 13.0. The lowest BCUT2D eigenvalue weighted by Crippen LogP contribution is -3.13. The second kappa shape index (κ2) is 5.91. The van der Waals surface area contributed by atoms with E-state index in [4.69, 9.17) is 5.73 Å². The maximum absolute atomic E-state index is 12.0. The van der Waals surface area contributed by atoms with Crippen LogP contribution in [0.4, 0.5) is 0 Å². The molecule has 2 heterocycles. The Balaban J connectivity index is 1.89. The molecule has 0 radical (unpaired) electrons. The van der Waals surface area contributed by atoms with Gasteiger partial charge in [0.1, 0.15) is 18.6 Å². The molecule has 0 aliphatic carbocycles. The molecule has 0 spiro atoms. The molecule has 5 nitrogen and oxygen atoms in total. The van der Waals surface area contributed by atoms with Gasteiger partial charge in [-0.2, -0.15) is 0 Å². The molecular formula is C15H16BrN4O+. The van der Waals surface area contributed by atoms with Gasteiger partial charge in [-0.25, -0.2) is 9.97 Å². The summed E-state index contributed by atoms with van der Waals surface area (Å²) in [6, 6.07) is 7.42. The number of aromatic nitrogens is 2. The summed E-state index contributed by atoms with van der Waals surface area (Å²) >= 11 is 3.41. The lowest BCUT2D eigenvalue weighted by molar-refractivity contribution is -0.937. The summed E-state index contributed by atoms with van der Waals surface area (Å²) < 4.78 is 0.987. The van der Waals surface area contributed by atoms with E-state index in [0.717, 1.165) is 33.6 Å². The number of nitrogens with one attached hydrogen (secondary N) is 1. The van der Waals surface area contributed by atoms with Crippen molar-refractivity contribution in [1.29, 1.82) is 0 Å². The monoisotopic (exact) mass is 347 g/mol. The minimum atomic E-state index is -0.346. The van der Waals surface area contributed by atoms with Gasteiger partial charge in [-0.3, -0.25) is 4.79 Å². The molecule has 21 heavy (non-hydrogen) atoms. The number of nitrogens with zero attached hydrogens (tertiary/aromatic N) is 2. The molecule has 3 N–H and O–H groups in total. The van der Waals surface area contributed by atoms with E-state index < -0.39 is 0 Å². The Morgan fingerprint density at radius 2 is 2.10 bits per heavy atom. The number of hydrogen-bond donors (Lipinski definition) is 2. The Morgan fingerprint density at radius 3 is 2.81 bits per heavy atom. The lowest BCUT2D eigenvalue weighted by Gasteiger charge is -2.30. The van der Waals surface area contributed by atoms with E-state index in [0.29, 0.717) is 6.54 Å². The Bertz CT molecular complexity index is 659. The van der Waals surface area contributed by atoms with Crippen molar-refractivity contribution in [2.24, 2.45) is 5.73 Å². The summed E-state index contributed by atoms with van der Waals surface area (Å²) in [6.45, 7) is 1.55. The van der Waals surface area contributed by atoms with Gasteiger partial charge in [0, 0.05) is 28.2 Å². The smallest absolute Gasteiger partial charge is 0.280 e. The van der Waals surface area contributed by atoms with E-state index in [1.54, 1.807) is 6.33 Å². The highest BCUT2D eigenvalue weighted by Crippen LogP contribution is 2.16. The second-order valence-electron chi connectivity index (χ2n) is 5.22. The molecule has 1 aromatic heterocycles. The second-order valence-corrected chi connectivity index (χ2v) is 6.13. The highest BCUT2D eigenvalue weighted by Gasteiger charge is 2.33. The van der Waals surface area contributed by atoms with Gasteiger partial charge in [-0.05, 0) is 12.1 Å². The first kappa shape index (κ1) is 14.2. The van der Waals surface area contributed by atoms with Crippen molar-refractivity contribution in [1.82, 2.24) is 9.97 Å². The van der Waals surface area contributed by atoms with Crippen molar-refractivity contribution in [2.75, 3.05) is 6.54 Å². The van der Waals surface area contributed by atoms with E-state index in [1.807, 2.05) is 30.5 Å². The predicted molar refractivity (Wildman–Crippen MR) is 81.3 cm³/mol. The van der Waals surface area contributed by atoms with Crippen LogP contribution in [0.3, 0.4) is 0 Å². The third-order valence-corrected chi connectivity index (χ3v) is 4.42. The van der Waals surface area contributed by atoms with Crippen LogP contribution in [0.2, 0.25) is 0 Å². The molecule has 1 aliphatic heterocycles. The molecule has 108 valence electrons. The van der Waals surface area contributed by atoms with Gasteiger partial charge in [-0.15, -0.1) is 0 Å². The van der Waals surface area contributed by atoms with Gasteiger partial charge < -0.3 is 10.6 Å². The molecule has 1 aromatic carbocycles. The Hall–Kier alpha value is -1.79. The third-order valence-electron chi connectivity index (χ3n) is 3.89. The quantitative estimate of drug-likeness (QED) is 0.844. The first-order chi connectivity index (χ1) is 10.1. The molecule has 0 saturated heterocycles. The molecule has 3 rings (SSSR count). The van der Waals surface area contributed by atoms with Crippen molar-refractivity contribution in [3.05, 3.63) is 58.1 Å². The summed E-state index contributed by atoms with van der Waals surface area (Å²) in [5.41, 5.74) is 8.77. The molecule has 1 aliphatic rings. The van der Waals surface area contributed by atoms with Crippen LogP contribution >= 0.6 is 15.9 Å². The van der Waals surface area contributed by atoms with Gasteiger partial charge in [0.15, 0.2) is 6.04 Å². The number of carbonyl (C=O) groups excluding carboxylic acids is 1. The fourth-order valence-corrected chi connectivity index (χ4v) is 3.12. The van der Waals surface area contributed by atoms with E-state index in [2.05, 4.69) is 25.9 Å². The highest BCUT2D eigenvalue weighted by molar-refractivity contribution is 9.10. The fraction of sp³-hybridized carbons (Fsp3) is 0.267. The number of hydrogen-bond acceptors (Lipinski definition) is 3. The van der Waals surface area contributed by atoms with Gasteiger partial charge in [0.2, 0.25) is 0 Å². The third kappa shape index (κ3) is 2.96. The molecule has 2 aromatic rings. The van der Waals surface area contributed by atoms with Crippen LogP contribution in [0.25, 0.3) is 0 Å². The van der Waals surface area contributed by atoms with Crippen LogP contribution in [0.1, 0.15) is 22.9 Å². The lowest BCUT2D eigenvalue weighted by atomic mass is 10.00. The van der Waals surface area contributed by atoms with Crippen molar-refractivity contribution in [3.63, 3.8) is 0 Å². The number of halogens is 1. The van der Waals surface area contributed by atoms with Gasteiger partial charge in [0.05, 0.1) is 6.54 Å². The average Bonchev–Trinajstić information content (AvgIpc) is 2.49. The van der Waals surface area contributed by atoms with Crippen LogP contribution < -0.4 is 10.6 Å². The number of rotatable bonds is 3. The molecule has 1 amide bonds. The SMILES string of the molecule is NC(=O)[C@H](c1ccc(Br)cc1)[NH+]1CCc2cncnc2C1. The number of benzene rings is 1. The van der Waals surface area contributed by atoms with E-state index in [-0.39, 0.29) is 11.9 Å². The first-order valence-electron chi connectivity index (χ1n) is 6.82. The van der Waals surface area contributed by atoms with Crippen LogP contribution in [0, 0.1) is 0 Å².